The molecule has 7 heteroatoms. The number of rotatable bonds is 7. The number of hydrogen-bond acceptors (Lipinski definition) is 2. The Labute approximate surface area is 184 Å². The topological polar surface area (TPSA) is 58.2 Å². The summed E-state index contributed by atoms with van der Waals surface area (Å²) in [6, 6.07) is 22.4. The summed E-state index contributed by atoms with van der Waals surface area (Å²) < 4.78 is 40.6. The number of carbonyl (C=O) groups is 2. The van der Waals surface area contributed by atoms with Crippen LogP contribution in [0.3, 0.4) is 0 Å². The standard InChI is InChI=1S/C25H23F3N2O2/c1-17(29-23(31)16-22(25(26,27)28)18-9-4-2-5-10-18)20-13-8-14-21(15-20)30-24(32)19-11-6-3-7-12-19/h2-15,17,22H,16H2,1H3,(H,29,31)(H,30,32). The molecule has 0 bridgehead atoms. The summed E-state index contributed by atoms with van der Waals surface area (Å²) in [4.78, 5) is 24.8. The molecule has 0 radical (unpaired) electrons. The largest absolute Gasteiger partial charge is 0.396 e. The molecule has 0 spiro atoms. The van der Waals surface area contributed by atoms with Gasteiger partial charge in [-0.15, -0.1) is 0 Å². The van der Waals surface area contributed by atoms with Crippen molar-refractivity contribution < 1.29 is 22.8 Å². The van der Waals surface area contributed by atoms with Crippen molar-refractivity contribution in [3.63, 3.8) is 0 Å². The zero-order valence-electron chi connectivity index (χ0n) is 17.4. The van der Waals surface area contributed by atoms with Gasteiger partial charge in [0.25, 0.3) is 5.91 Å². The lowest BCUT2D eigenvalue weighted by atomic mass is 9.94. The maximum Gasteiger partial charge on any atom is 0.396 e. The molecule has 0 aromatic heterocycles. The number of amides is 2. The Morgan fingerprint density at radius 1 is 0.844 bits per heavy atom. The van der Waals surface area contributed by atoms with Crippen molar-refractivity contribution >= 4 is 17.5 Å². The van der Waals surface area contributed by atoms with Gasteiger partial charge >= 0.3 is 6.18 Å². The van der Waals surface area contributed by atoms with E-state index in [1.807, 2.05) is 6.07 Å². The number of alkyl halides is 3. The van der Waals surface area contributed by atoms with E-state index in [9.17, 15) is 22.8 Å². The average Bonchev–Trinajstić information content (AvgIpc) is 2.78. The highest BCUT2D eigenvalue weighted by atomic mass is 19.4. The van der Waals surface area contributed by atoms with Crippen LogP contribution in [-0.2, 0) is 4.79 Å². The van der Waals surface area contributed by atoms with Gasteiger partial charge in [0.15, 0.2) is 0 Å². The summed E-state index contributed by atoms with van der Waals surface area (Å²) in [5.74, 6) is -2.87. The summed E-state index contributed by atoms with van der Waals surface area (Å²) in [6.07, 6.45) is -5.24. The lowest BCUT2D eigenvalue weighted by Crippen LogP contribution is -2.32. The number of anilines is 1. The Balaban J connectivity index is 1.66. The van der Waals surface area contributed by atoms with Crippen molar-refractivity contribution in [2.45, 2.75) is 31.5 Å². The molecule has 2 N–H and O–H groups in total. The third-order valence-corrected chi connectivity index (χ3v) is 5.04. The summed E-state index contributed by atoms with van der Waals surface area (Å²) in [7, 11) is 0. The smallest absolute Gasteiger partial charge is 0.350 e. The summed E-state index contributed by atoms with van der Waals surface area (Å²) in [5, 5.41) is 5.41. The Morgan fingerprint density at radius 2 is 1.44 bits per heavy atom. The predicted octanol–water partition coefficient (Wildman–Crippen LogP) is 5.85. The van der Waals surface area contributed by atoms with Gasteiger partial charge in [-0.2, -0.15) is 13.2 Å². The second-order valence-electron chi connectivity index (χ2n) is 7.44. The van der Waals surface area contributed by atoms with E-state index in [4.69, 9.17) is 0 Å². The van der Waals surface area contributed by atoms with E-state index in [-0.39, 0.29) is 11.5 Å². The minimum atomic E-state index is -4.54. The molecule has 2 amide bonds. The van der Waals surface area contributed by atoms with Crippen molar-refractivity contribution in [3.8, 4) is 0 Å². The van der Waals surface area contributed by atoms with E-state index >= 15 is 0 Å². The maximum absolute atomic E-state index is 13.5. The maximum atomic E-state index is 13.5. The normalized spacial score (nSPS) is 13.1. The Kier molecular flexibility index (Phi) is 7.30. The molecule has 0 aliphatic carbocycles. The molecule has 0 saturated heterocycles. The second kappa shape index (κ2) is 10.1. The molecule has 0 aliphatic rings. The zero-order valence-corrected chi connectivity index (χ0v) is 17.4. The molecular formula is C25H23F3N2O2. The van der Waals surface area contributed by atoms with Gasteiger partial charge in [0.2, 0.25) is 5.91 Å². The molecule has 3 rings (SSSR count). The first-order valence-electron chi connectivity index (χ1n) is 10.1. The molecule has 32 heavy (non-hydrogen) atoms. The number of hydrogen-bond donors (Lipinski definition) is 2. The minimum absolute atomic E-state index is 0.0495. The lowest BCUT2D eigenvalue weighted by molar-refractivity contribution is -0.157. The molecule has 3 aromatic carbocycles. The van der Waals surface area contributed by atoms with Crippen molar-refractivity contribution in [3.05, 3.63) is 102 Å². The highest BCUT2D eigenvalue weighted by molar-refractivity contribution is 6.04. The van der Waals surface area contributed by atoms with Crippen LogP contribution < -0.4 is 10.6 Å². The first-order valence-corrected chi connectivity index (χ1v) is 10.1. The Hall–Kier alpha value is -3.61. The van der Waals surface area contributed by atoms with Crippen LogP contribution in [0.1, 0.15) is 46.8 Å². The number of benzene rings is 3. The van der Waals surface area contributed by atoms with Gasteiger partial charge in [-0.05, 0) is 42.3 Å². The average molecular weight is 440 g/mol. The molecule has 2 unspecified atom stereocenters. The molecule has 0 aliphatic heterocycles. The molecule has 166 valence electrons. The minimum Gasteiger partial charge on any atom is -0.350 e. The SMILES string of the molecule is CC(NC(=O)CC(c1ccccc1)C(F)(F)F)c1cccc(NC(=O)c2ccccc2)c1. The van der Waals surface area contributed by atoms with E-state index in [0.29, 0.717) is 16.8 Å². The first-order chi connectivity index (χ1) is 15.2. The second-order valence-corrected chi connectivity index (χ2v) is 7.44. The van der Waals surface area contributed by atoms with Gasteiger partial charge in [-0.1, -0.05) is 60.7 Å². The summed E-state index contributed by atoms with van der Waals surface area (Å²) >= 11 is 0. The molecule has 2 atom stereocenters. The fraction of sp³-hybridized carbons (Fsp3) is 0.200. The molecule has 0 fully saturated rings. The van der Waals surface area contributed by atoms with Gasteiger partial charge in [0, 0.05) is 17.7 Å². The Bertz CT molecular complexity index is 1050. The lowest BCUT2D eigenvalue weighted by Gasteiger charge is -2.22. The highest BCUT2D eigenvalue weighted by Crippen LogP contribution is 2.37. The van der Waals surface area contributed by atoms with E-state index in [2.05, 4.69) is 10.6 Å². The van der Waals surface area contributed by atoms with Crippen molar-refractivity contribution in [1.29, 1.82) is 0 Å². The van der Waals surface area contributed by atoms with Crippen LogP contribution in [0.25, 0.3) is 0 Å². The van der Waals surface area contributed by atoms with Crippen molar-refractivity contribution in [2.24, 2.45) is 0 Å². The third kappa shape index (κ3) is 6.20. The molecule has 0 saturated carbocycles. The van der Waals surface area contributed by atoms with E-state index < -0.39 is 30.5 Å². The fourth-order valence-electron chi connectivity index (χ4n) is 3.36. The fourth-order valence-corrected chi connectivity index (χ4v) is 3.36. The van der Waals surface area contributed by atoms with Crippen molar-refractivity contribution in [1.82, 2.24) is 5.32 Å². The van der Waals surface area contributed by atoms with Gasteiger partial charge < -0.3 is 10.6 Å². The number of nitrogens with one attached hydrogen (secondary N) is 2. The number of carbonyl (C=O) groups excluding carboxylic acids is 2. The quantitative estimate of drug-likeness (QED) is 0.484. The van der Waals surface area contributed by atoms with E-state index in [0.717, 1.165) is 0 Å². The molecule has 0 heterocycles. The predicted molar refractivity (Wildman–Crippen MR) is 117 cm³/mol. The van der Waals surface area contributed by atoms with Gasteiger partial charge in [-0.25, -0.2) is 0 Å². The van der Waals surface area contributed by atoms with Gasteiger partial charge in [-0.3, -0.25) is 9.59 Å². The molecule has 4 nitrogen and oxygen atoms in total. The third-order valence-electron chi connectivity index (χ3n) is 5.04. The summed E-state index contributed by atoms with van der Waals surface area (Å²) in [5.41, 5.74) is 1.73. The van der Waals surface area contributed by atoms with E-state index in [1.54, 1.807) is 61.5 Å². The highest BCUT2D eigenvalue weighted by Gasteiger charge is 2.41. The van der Waals surface area contributed by atoms with E-state index in [1.165, 1.54) is 24.3 Å². The zero-order chi connectivity index (χ0) is 23.1. The van der Waals surface area contributed by atoms with Crippen LogP contribution in [0.5, 0.6) is 0 Å². The van der Waals surface area contributed by atoms with Crippen LogP contribution in [0.4, 0.5) is 18.9 Å². The van der Waals surface area contributed by atoms with Crippen LogP contribution in [0.15, 0.2) is 84.9 Å². The van der Waals surface area contributed by atoms with Crippen LogP contribution in [0, 0.1) is 0 Å². The Morgan fingerprint density at radius 3 is 2.06 bits per heavy atom. The van der Waals surface area contributed by atoms with Crippen LogP contribution in [-0.4, -0.2) is 18.0 Å². The monoisotopic (exact) mass is 440 g/mol. The molecule has 3 aromatic rings. The number of halogens is 3. The molecular weight excluding hydrogens is 417 g/mol. The summed E-state index contributed by atoms with van der Waals surface area (Å²) in [6.45, 7) is 1.68. The van der Waals surface area contributed by atoms with Gasteiger partial charge in [0.1, 0.15) is 0 Å². The van der Waals surface area contributed by atoms with Crippen molar-refractivity contribution in [2.75, 3.05) is 5.32 Å². The first kappa shape index (κ1) is 23.1. The van der Waals surface area contributed by atoms with Crippen LogP contribution in [0.2, 0.25) is 0 Å². The van der Waals surface area contributed by atoms with Gasteiger partial charge in [0.05, 0.1) is 12.0 Å². The van der Waals surface area contributed by atoms with Crippen LogP contribution >= 0.6 is 0 Å².